The van der Waals surface area contributed by atoms with Gasteiger partial charge in [0.05, 0.1) is 5.69 Å². The summed E-state index contributed by atoms with van der Waals surface area (Å²) in [6.45, 7) is 5.24. The second-order valence-electron chi connectivity index (χ2n) is 4.78. The topological polar surface area (TPSA) is 53.9 Å². The molecule has 5 nitrogen and oxygen atoms in total. The van der Waals surface area contributed by atoms with Crippen molar-refractivity contribution < 1.29 is 0 Å². The van der Waals surface area contributed by atoms with Crippen LogP contribution < -0.4 is 10.2 Å². The third-order valence-electron chi connectivity index (χ3n) is 2.96. The number of hydrogen-bond donors (Lipinski definition) is 1. The smallest absolute Gasteiger partial charge is 0.208 e. The van der Waals surface area contributed by atoms with E-state index in [-0.39, 0.29) is 0 Å². The fourth-order valence-corrected chi connectivity index (χ4v) is 3.59. The van der Waals surface area contributed by atoms with Crippen LogP contribution in [0.4, 0.5) is 5.13 Å². The van der Waals surface area contributed by atoms with Crippen molar-refractivity contribution in [3.05, 3.63) is 24.0 Å². The van der Waals surface area contributed by atoms with Gasteiger partial charge in [-0.1, -0.05) is 36.9 Å². The van der Waals surface area contributed by atoms with E-state index in [0.29, 0.717) is 6.04 Å². The second-order valence-corrected chi connectivity index (χ2v) is 7.06. The molecular formula is C14H21N5S2. The van der Waals surface area contributed by atoms with Gasteiger partial charge in [0.1, 0.15) is 0 Å². The molecule has 0 bridgehead atoms. The summed E-state index contributed by atoms with van der Waals surface area (Å²) in [5, 5.41) is 12.7. The maximum atomic E-state index is 4.57. The van der Waals surface area contributed by atoms with E-state index in [1.54, 1.807) is 23.1 Å². The minimum Gasteiger partial charge on any atom is -0.353 e. The van der Waals surface area contributed by atoms with Crippen molar-refractivity contribution in [3.63, 3.8) is 0 Å². The lowest BCUT2D eigenvalue weighted by molar-refractivity contribution is 0.524. The van der Waals surface area contributed by atoms with E-state index in [4.69, 9.17) is 0 Å². The van der Waals surface area contributed by atoms with Crippen LogP contribution in [0, 0.1) is 0 Å². The Morgan fingerprint density at radius 3 is 2.62 bits per heavy atom. The second kappa shape index (κ2) is 7.72. The molecule has 1 N–H and O–H groups in total. The van der Waals surface area contributed by atoms with Crippen molar-refractivity contribution in [3.8, 4) is 0 Å². The summed E-state index contributed by atoms with van der Waals surface area (Å²) in [5.41, 5.74) is 1.09. The van der Waals surface area contributed by atoms with Gasteiger partial charge in [0.2, 0.25) is 5.13 Å². The average Bonchev–Trinajstić information content (AvgIpc) is 2.94. The van der Waals surface area contributed by atoms with Crippen LogP contribution in [0.3, 0.4) is 0 Å². The maximum absolute atomic E-state index is 4.57. The van der Waals surface area contributed by atoms with Crippen molar-refractivity contribution in [1.29, 1.82) is 0 Å². The largest absolute Gasteiger partial charge is 0.353 e. The monoisotopic (exact) mass is 323 g/mol. The molecule has 0 aromatic carbocycles. The minimum atomic E-state index is 0.330. The highest BCUT2D eigenvalue weighted by Gasteiger charge is 2.11. The Morgan fingerprint density at radius 1 is 1.29 bits per heavy atom. The lowest BCUT2D eigenvalue weighted by Crippen LogP contribution is -2.20. The highest BCUT2D eigenvalue weighted by atomic mass is 32.2. The number of nitrogens with zero attached hydrogens (tertiary/aromatic N) is 4. The number of pyridine rings is 1. The Hall–Kier alpha value is -1.18. The van der Waals surface area contributed by atoms with Crippen molar-refractivity contribution in [2.75, 3.05) is 25.5 Å². The normalized spacial score (nSPS) is 12.4. The first-order valence-electron chi connectivity index (χ1n) is 7.02. The number of nitrogens with one attached hydrogen (secondary N) is 1. The van der Waals surface area contributed by atoms with Crippen LogP contribution in [0.5, 0.6) is 0 Å². The highest BCUT2D eigenvalue weighted by Crippen LogP contribution is 2.32. The van der Waals surface area contributed by atoms with Crippen LogP contribution in [0.25, 0.3) is 0 Å². The van der Waals surface area contributed by atoms with Gasteiger partial charge in [0.15, 0.2) is 4.34 Å². The third-order valence-corrected chi connectivity index (χ3v) is 5.08. The third kappa shape index (κ3) is 4.39. The van der Waals surface area contributed by atoms with Gasteiger partial charge in [-0.25, -0.2) is 0 Å². The van der Waals surface area contributed by atoms with Crippen LogP contribution >= 0.6 is 23.1 Å². The first-order chi connectivity index (χ1) is 10.1. The number of rotatable bonds is 7. The van der Waals surface area contributed by atoms with Gasteiger partial charge < -0.3 is 10.2 Å². The molecule has 0 fully saturated rings. The van der Waals surface area contributed by atoms with Gasteiger partial charge in [-0.3, -0.25) is 4.98 Å². The zero-order chi connectivity index (χ0) is 15.2. The lowest BCUT2D eigenvalue weighted by Gasteiger charge is -2.15. The van der Waals surface area contributed by atoms with E-state index < -0.39 is 0 Å². The van der Waals surface area contributed by atoms with Gasteiger partial charge in [-0.05, 0) is 25.1 Å². The van der Waals surface area contributed by atoms with E-state index in [2.05, 4.69) is 46.5 Å². The predicted octanol–water partition coefficient (Wildman–Crippen LogP) is 3.21. The van der Waals surface area contributed by atoms with E-state index in [9.17, 15) is 0 Å². The molecule has 0 aliphatic carbocycles. The number of anilines is 1. The number of hydrogen-bond acceptors (Lipinski definition) is 7. The molecular weight excluding hydrogens is 302 g/mol. The molecule has 0 saturated carbocycles. The Kier molecular flexibility index (Phi) is 5.96. The molecule has 0 spiro atoms. The standard InChI is InChI=1S/C14H21N5S2/c1-5-11(15-6-2)12-8-7-10(9-16-12)20-14-18-17-13(21-14)19(3)4/h7-9,11,15H,5-6H2,1-4H3. The van der Waals surface area contributed by atoms with Gasteiger partial charge in [0, 0.05) is 31.2 Å². The van der Waals surface area contributed by atoms with Crippen molar-refractivity contribution in [2.45, 2.75) is 35.5 Å². The van der Waals surface area contributed by atoms with Crippen LogP contribution in [0.2, 0.25) is 0 Å². The molecule has 1 atom stereocenters. The predicted molar refractivity (Wildman–Crippen MR) is 89.3 cm³/mol. The Bertz CT molecular complexity index is 553. The zero-order valence-electron chi connectivity index (χ0n) is 12.8. The molecule has 2 aromatic heterocycles. The summed E-state index contributed by atoms with van der Waals surface area (Å²) in [5.74, 6) is 0. The Balaban J connectivity index is 2.04. The Labute approximate surface area is 134 Å². The minimum absolute atomic E-state index is 0.330. The molecule has 0 aliphatic rings. The van der Waals surface area contributed by atoms with Crippen molar-refractivity contribution >= 4 is 28.2 Å². The fourth-order valence-electron chi connectivity index (χ4n) is 1.89. The lowest BCUT2D eigenvalue weighted by atomic mass is 10.1. The number of aromatic nitrogens is 3. The molecule has 2 rings (SSSR count). The first-order valence-corrected chi connectivity index (χ1v) is 8.65. The molecule has 0 saturated heterocycles. The van der Waals surface area contributed by atoms with Crippen molar-refractivity contribution in [2.24, 2.45) is 0 Å². The summed E-state index contributed by atoms with van der Waals surface area (Å²) in [7, 11) is 3.94. The van der Waals surface area contributed by atoms with Gasteiger partial charge >= 0.3 is 0 Å². The summed E-state index contributed by atoms with van der Waals surface area (Å²) in [6, 6.07) is 4.52. The molecule has 2 heterocycles. The summed E-state index contributed by atoms with van der Waals surface area (Å²) in [6.07, 6.45) is 2.95. The maximum Gasteiger partial charge on any atom is 0.208 e. The Morgan fingerprint density at radius 2 is 2.10 bits per heavy atom. The average molecular weight is 323 g/mol. The SMILES string of the molecule is CCNC(CC)c1ccc(Sc2nnc(N(C)C)s2)cn1. The summed E-state index contributed by atoms with van der Waals surface area (Å²) >= 11 is 3.19. The molecule has 0 aliphatic heterocycles. The molecule has 7 heteroatoms. The molecule has 114 valence electrons. The molecule has 0 amide bonds. The van der Waals surface area contributed by atoms with Crippen LogP contribution in [-0.4, -0.2) is 35.8 Å². The summed E-state index contributed by atoms with van der Waals surface area (Å²) < 4.78 is 0.937. The highest BCUT2D eigenvalue weighted by molar-refractivity contribution is 8.01. The van der Waals surface area contributed by atoms with E-state index in [1.165, 1.54) is 0 Å². The molecule has 21 heavy (non-hydrogen) atoms. The molecule has 0 radical (unpaired) electrons. The van der Waals surface area contributed by atoms with E-state index in [1.807, 2.05) is 25.2 Å². The molecule has 2 aromatic rings. The van der Waals surface area contributed by atoms with E-state index in [0.717, 1.165) is 33.0 Å². The fraction of sp³-hybridized carbons (Fsp3) is 0.500. The quantitative estimate of drug-likeness (QED) is 0.844. The van der Waals surface area contributed by atoms with Crippen LogP contribution in [-0.2, 0) is 0 Å². The van der Waals surface area contributed by atoms with Crippen LogP contribution in [0.15, 0.2) is 27.6 Å². The van der Waals surface area contributed by atoms with E-state index >= 15 is 0 Å². The first kappa shape index (κ1) is 16.2. The van der Waals surface area contributed by atoms with Gasteiger partial charge in [0.25, 0.3) is 0 Å². The van der Waals surface area contributed by atoms with Gasteiger partial charge in [-0.2, -0.15) is 0 Å². The zero-order valence-corrected chi connectivity index (χ0v) is 14.5. The van der Waals surface area contributed by atoms with Gasteiger partial charge in [-0.15, -0.1) is 10.2 Å². The summed E-state index contributed by atoms with van der Waals surface area (Å²) in [4.78, 5) is 7.62. The van der Waals surface area contributed by atoms with Crippen LogP contribution in [0.1, 0.15) is 32.0 Å². The molecule has 1 unspecified atom stereocenters. The van der Waals surface area contributed by atoms with Crippen molar-refractivity contribution in [1.82, 2.24) is 20.5 Å².